The first-order chi connectivity index (χ1) is 8.34. The van der Waals surface area contributed by atoms with E-state index in [-0.39, 0.29) is 12.4 Å². The van der Waals surface area contributed by atoms with E-state index in [2.05, 4.69) is 11.0 Å². The van der Waals surface area contributed by atoms with Gasteiger partial charge in [-0.3, -0.25) is 9.69 Å². The van der Waals surface area contributed by atoms with Gasteiger partial charge in [0.1, 0.15) is 5.75 Å². The number of nitrogens with zero attached hydrogens (tertiary/aromatic N) is 1. The smallest absolute Gasteiger partial charge is 0.203 e. The minimum atomic E-state index is 0.112. The molecular formula is C14H17NO2. The quantitative estimate of drug-likeness (QED) is 0.782. The van der Waals surface area contributed by atoms with Gasteiger partial charge in [-0.05, 0) is 32.0 Å². The van der Waals surface area contributed by atoms with E-state index < -0.39 is 0 Å². The maximum Gasteiger partial charge on any atom is 0.203 e. The first-order valence-corrected chi connectivity index (χ1v) is 6.35. The molecule has 1 fully saturated rings. The normalized spacial score (nSPS) is 20.1. The summed E-state index contributed by atoms with van der Waals surface area (Å²) in [5, 5.41) is 0. The molecule has 0 saturated carbocycles. The molecule has 0 unspecified atom stereocenters. The van der Waals surface area contributed by atoms with Gasteiger partial charge in [-0.1, -0.05) is 18.6 Å². The molecule has 3 heteroatoms. The molecule has 2 heterocycles. The van der Waals surface area contributed by atoms with Crippen LogP contribution in [0.4, 0.5) is 0 Å². The van der Waals surface area contributed by atoms with Gasteiger partial charge >= 0.3 is 0 Å². The highest BCUT2D eigenvalue weighted by molar-refractivity contribution is 6.02. The SMILES string of the molecule is O=C1COc2c(CN3CCCCC3)cccc21. The van der Waals surface area contributed by atoms with Gasteiger partial charge in [-0.2, -0.15) is 0 Å². The van der Waals surface area contributed by atoms with Crippen LogP contribution in [0.2, 0.25) is 0 Å². The van der Waals surface area contributed by atoms with Crippen LogP contribution in [0.15, 0.2) is 18.2 Å². The average molecular weight is 231 g/mol. The summed E-state index contributed by atoms with van der Waals surface area (Å²) >= 11 is 0. The van der Waals surface area contributed by atoms with Crippen LogP contribution in [0, 0.1) is 0 Å². The Hall–Kier alpha value is -1.35. The van der Waals surface area contributed by atoms with Crippen molar-refractivity contribution in [3.05, 3.63) is 29.3 Å². The third-order valence-electron chi connectivity index (χ3n) is 3.59. The van der Waals surface area contributed by atoms with E-state index in [9.17, 15) is 4.79 Å². The molecular weight excluding hydrogens is 214 g/mol. The first kappa shape index (κ1) is 10.8. The number of Topliss-reactive ketones (excluding diaryl/α,β-unsaturated/α-hetero) is 1. The maximum absolute atomic E-state index is 11.6. The van der Waals surface area contributed by atoms with Crippen LogP contribution >= 0.6 is 0 Å². The predicted molar refractivity (Wildman–Crippen MR) is 65.4 cm³/mol. The van der Waals surface area contributed by atoms with Gasteiger partial charge in [0.15, 0.2) is 6.61 Å². The summed E-state index contributed by atoms with van der Waals surface area (Å²) in [5.74, 6) is 0.934. The molecule has 3 nitrogen and oxygen atoms in total. The highest BCUT2D eigenvalue weighted by Gasteiger charge is 2.24. The molecule has 1 saturated heterocycles. The molecule has 90 valence electrons. The predicted octanol–water partition coefficient (Wildman–Crippen LogP) is 2.25. The molecule has 0 radical (unpaired) electrons. The molecule has 3 rings (SSSR count). The van der Waals surface area contributed by atoms with E-state index in [4.69, 9.17) is 4.74 Å². The molecule has 0 N–H and O–H groups in total. The van der Waals surface area contributed by atoms with Crippen molar-refractivity contribution in [2.24, 2.45) is 0 Å². The lowest BCUT2D eigenvalue weighted by Crippen LogP contribution is -2.29. The van der Waals surface area contributed by atoms with Crippen molar-refractivity contribution in [3.63, 3.8) is 0 Å². The lowest BCUT2D eigenvalue weighted by molar-refractivity contribution is 0.0960. The van der Waals surface area contributed by atoms with Crippen LogP contribution in [-0.2, 0) is 6.54 Å². The molecule has 0 amide bonds. The van der Waals surface area contributed by atoms with Crippen LogP contribution in [0.5, 0.6) is 5.75 Å². The number of carbonyl (C=O) groups is 1. The van der Waals surface area contributed by atoms with Crippen LogP contribution in [0.1, 0.15) is 35.2 Å². The summed E-state index contributed by atoms with van der Waals surface area (Å²) in [5.41, 5.74) is 1.93. The number of hydrogen-bond donors (Lipinski definition) is 0. The fourth-order valence-corrected chi connectivity index (χ4v) is 2.67. The largest absolute Gasteiger partial charge is 0.484 e. The van der Waals surface area contributed by atoms with Gasteiger partial charge in [0.25, 0.3) is 0 Å². The Morgan fingerprint density at radius 1 is 1.18 bits per heavy atom. The fraction of sp³-hybridized carbons (Fsp3) is 0.500. The Morgan fingerprint density at radius 3 is 2.82 bits per heavy atom. The van der Waals surface area contributed by atoms with E-state index in [1.54, 1.807) is 0 Å². The average Bonchev–Trinajstić information content (AvgIpc) is 2.74. The highest BCUT2D eigenvalue weighted by Crippen LogP contribution is 2.30. The lowest BCUT2D eigenvalue weighted by Gasteiger charge is -2.26. The molecule has 0 spiro atoms. The summed E-state index contributed by atoms with van der Waals surface area (Å²) in [4.78, 5) is 14.0. The summed E-state index contributed by atoms with van der Waals surface area (Å²) < 4.78 is 5.51. The zero-order valence-electron chi connectivity index (χ0n) is 9.95. The van der Waals surface area contributed by atoms with Crippen molar-refractivity contribution >= 4 is 5.78 Å². The van der Waals surface area contributed by atoms with Crippen LogP contribution in [-0.4, -0.2) is 30.4 Å². The van der Waals surface area contributed by atoms with E-state index >= 15 is 0 Å². The number of rotatable bonds is 2. The number of piperidine rings is 1. The number of hydrogen-bond acceptors (Lipinski definition) is 3. The topological polar surface area (TPSA) is 29.5 Å². The Labute approximate surface area is 101 Å². The lowest BCUT2D eigenvalue weighted by atomic mass is 10.1. The molecule has 2 aliphatic heterocycles. The summed E-state index contributed by atoms with van der Waals surface area (Å²) in [6.45, 7) is 3.46. The van der Waals surface area contributed by atoms with Gasteiger partial charge in [-0.15, -0.1) is 0 Å². The minimum Gasteiger partial charge on any atom is -0.484 e. The Morgan fingerprint density at radius 2 is 2.00 bits per heavy atom. The number of para-hydroxylation sites is 1. The van der Waals surface area contributed by atoms with E-state index in [1.807, 2.05) is 12.1 Å². The zero-order chi connectivity index (χ0) is 11.7. The van der Waals surface area contributed by atoms with Gasteiger partial charge in [0.05, 0.1) is 5.56 Å². The van der Waals surface area contributed by atoms with Crippen molar-refractivity contribution in [1.29, 1.82) is 0 Å². The third kappa shape index (κ3) is 2.07. The molecule has 1 aromatic carbocycles. The molecule has 0 aromatic heterocycles. The number of ether oxygens (including phenoxy) is 1. The standard InChI is InChI=1S/C14H17NO2/c16-13-10-17-14-11(5-4-6-12(13)14)9-15-7-2-1-3-8-15/h4-6H,1-3,7-10H2. The first-order valence-electron chi connectivity index (χ1n) is 6.35. The Bertz CT molecular complexity index is 436. The van der Waals surface area contributed by atoms with Gasteiger partial charge in [0, 0.05) is 12.1 Å². The third-order valence-corrected chi connectivity index (χ3v) is 3.59. The van der Waals surface area contributed by atoms with Crippen molar-refractivity contribution in [1.82, 2.24) is 4.90 Å². The minimum absolute atomic E-state index is 0.112. The Balaban J connectivity index is 1.81. The molecule has 2 aliphatic rings. The number of likely N-dealkylation sites (tertiary alicyclic amines) is 1. The van der Waals surface area contributed by atoms with Crippen LogP contribution in [0.3, 0.4) is 0 Å². The number of ketones is 1. The summed E-state index contributed by atoms with van der Waals surface area (Å²) in [7, 11) is 0. The number of carbonyl (C=O) groups excluding carboxylic acids is 1. The van der Waals surface area contributed by atoms with E-state index in [0.29, 0.717) is 0 Å². The summed E-state index contributed by atoms with van der Waals surface area (Å²) in [6, 6.07) is 5.90. The van der Waals surface area contributed by atoms with Gasteiger partial charge in [-0.25, -0.2) is 0 Å². The van der Waals surface area contributed by atoms with Gasteiger partial charge < -0.3 is 4.74 Å². The fourth-order valence-electron chi connectivity index (χ4n) is 2.67. The second-order valence-electron chi connectivity index (χ2n) is 4.84. The van der Waals surface area contributed by atoms with Crippen LogP contribution in [0.25, 0.3) is 0 Å². The Kier molecular flexibility index (Phi) is 2.85. The van der Waals surface area contributed by atoms with Crippen molar-refractivity contribution in [3.8, 4) is 5.75 Å². The zero-order valence-corrected chi connectivity index (χ0v) is 9.95. The second kappa shape index (κ2) is 4.49. The van der Waals surface area contributed by atoms with Crippen molar-refractivity contribution in [2.75, 3.05) is 19.7 Å². The molecule has 1 aromatic rings. The van der Waals surface area contributed by atoms with E-state index in [1.165, 1.54) is 19.3 Å². The summed E-state index contributed by atoms with van der Waals surface area (Å²) in [6.07, 6.45) is 3.92. The molecule has 17 heavy (non-hydrogen) atoms. The molecule has 0 atom stereocenters. The van der Waals surface area contributed by atoms with Crippen molar-refractivity contribution < 1.29 is 9.53 Å². The van der Waals surface area contributed by atoms with Crippen molar-refractivity contribution in [2.45, 2.75) is 25.8 Å². The maximum atomic E-state index is 11.6. The highest BCUT2D eigenvalue weighted by atomic mass is 16.5. The molecule has 0 bridgehead atoms. The molecule has 0 aliphatic carbocycles. The number of fused-ring (bicyclic) bond motifs is 1. The van der Waals surface area contributed by atoms with E-state index in [0.717, 1.165) is 36.5 Å². The second-order valence-corrected chi connectivity index (χ2v) is 4.84. The van der Waals surface area contributed by atoms with Crippen LogP contribution < -0.4 is 4.74 Å². The monoisotopic (exact) mass is 231 g/mol. The van der Waals surface area contributed by atoms with Gasteiger partial charge in [0.2, 0.25) is 5.78 Å². The number of benzene rings is 1.